The number of urea groups is 1. The Kier molecular flexibility index (Phi) is 8.30. The molecule has 2 amide bonds. The maximum absolute atomic E-state index is 12.2. The van der Waals surface area contributed by atoms with Gasteiger partial charge in [-0.3, -0.25) is 0 Å². The minimum atomic E-state index is -0.107. The molecule has 1 aliphatic rings. The zero-order valence-corrected chi connectivity index (χ0v) is 14.7. The lowest BCUT2D eigenvalue weighted by Crippen LogP contribution is -2.38. The average molecular weight is 337 g/mol. The van der Waals surface area contributed by atoms with Gasteiger partial charge in [-0.25, -0.2) is 4.79 Å². The number of anilines is 1. The molecular formula is C19H29ClN2O. The first-order valence-corrected chi connectivity index (χ1v) is 9.45. The van der Waals surface area contributed by atoms with Crippen LogP contribution >= 0.6 is 11.6 Å². The zero-order chi connectivity index (χ0) is 16.3. The van der Waals surface area contributed by atoms with Gasteiger partial charge < -0.3 is 10.6 Å². The van der Waals surface area contributed by atoms with Crippen LogP contribution in [0.4, 0.5) is 10.5 Å². The van der Waals surface area contributed by atoms with Gasteiger partial charge in [-0.2, -0.15) is 0 Å². The Bertz CT molecular complexity index is 449. The SMILES string of the molecule is O=C(Nc1ccc(Cl)cc1)NC1CCCCCCCCCCC1. The summed E-state index contributed by atoms with van der Waals surface area (Å²) in [6.45, 7) is 0. The predicted octanol–water partition coefficient (Wildman–Crippen LogP) is 6.13. The molecule has 1 fully saturated rings. The summed E-state index contributed by atoms with van der Waals surface area (Å²) in [5.74, 6) is 0. The second kappa shape index (κ2) is 10.5. The summed E-state index contributed by atoms with van der Waals surface area (Å²) in [5, 5.41) is 6.72. The molecule has 128 valence electrons. The second-order valence-electron chi connectivity index (χ2n) is 6.56. The Hall–Kier alpha value is -1.22. The van der Waals surface area contributed by atoms with Crippen molar-refractivity contribution in [2.24, 2.45) is 0 Å². The molecule has 0 bridgehead atoms. The molecule has 0 saturated heterocycles. The number of nitrogens with one attached hydrogen (secondary N) is 2. The Morgan fingerprint density at radius 1 is 0.826 bits per heavy atom. The molecule has 0 aliphatic heterocycles. The quantitative estimate of drug-likeness (QED) is 0.669. The Labute approximate surface area is 145 Å². The van der Waals surface area contributed by atoms with Crippen LogP contribution in [0.5, 0.6) is 0 Å². The molecule has 2 rings (SSSR count). The van der Waals surface area contributed by atoms with E-state index >= 15 is 0 Å². The summed E-state index contributed by atoms with van der Waals surface area (Å²) in [7, 11) is 0. The number of hydrogen-bond donors (Lipinski definition) is 2. The molecule has 0 aromatic heterocycles. The van der Waals surface area contributed by atoms with Gasteiger partial charge in [0, 0.05) is 16.8 Å². The molecule has 23 heavy (non-hydrogen) atoms. The number of benzene rings is 1. The first-order valence-electron chi connectivity index (χ1n) is 9.07. The molecule has 0 spiro atoms. The second-order valence-corrected chi connectivity index (χ2v) is 7.00. The van der Waals surface area contributed by atoms with Crippen LogP contribution in [0.1, 0.15) is 70.6 Å². The number of hydrogen-bond acceptors (Lipinski definition) is 1. The molecule has 1 aliphatic carbocycles. The van der Waals surface area contributed by atoms with Gasteiger partial charge in [0.2, 0.25) is 0 Å². The van der Waals surface area contributed by atoms with Crippen molar-refractivity contribution >= 4 is 23.3 Å². The maximum Gasteiger partial charge on any atom is 0.319 e. The summed E-state index contributed by atoms with van der Waals surface area (Å²) >= 11 is 5.86. The van der Waals surface area contributed by atoms with Gasteiger partial charge in [0.1, 0.15) is 0 Å². The van der Waals surface area contributed by atoms with Crippen LogP contribution in [-0.4, -0.2) is 12.1 Å². The van der Waals surface area contributed by atoms with Crippen LogP contribution in [-0.2, 0) is 0 Å². The van der Waals surface area contributed by atoms with Gasteiger partial charge in [0.15, 0.2) is 0 Å². The molecule has 0 atom stereocenters. The molecular weight excluding hydrogens is 308 g/mol. The minimum Gasteiger partial charge on any atom is -0.335 e. The van der Waals surface area contributed by atoms with E-state index in [1.807, 2.05) is 12.1 Å². The minimum absolute atomic E-state index is 0.107. The van der Waals surface area contributed by atoms with Crippen molar-refractivity contribution in [1.82, 2.24) is 5.32 Å². The van der Waals surface area contributed by atoms with E-state index in [1.54, 1.807) is 12.1 Å². The van der Waals surface area contributed by atoms with E-state index in [0.717, 1.165) is 18.5 Å². The van der Waals surface area contributed by atoms with Crippen LogP contribution in [0.2, 0.25) is 5.02 Å². The molecule has 3 nitrogen and oxygen atoms in total. The number of rotatable bonds is 2. The third-order valence-corrected chi connectivity index (χ3v) is 4.79. The molecule has 4 heteroatoms. The number of carbonyl (C=O) groups excluding carboxylic acids is 1. The molecule has 0 heterocycles. The topological polar surface area (TPSA) is 41.1 Å². The Balaban J connectivity index is 1.79. The maximum atomic E-state index is 12.2. The van der Waals surface area contributed by atoms with Crippen molar-refractivity contribution in [3.8, 4) is 0 Å². The van der Waals surface area contributed by atoms with E-state index in [9.17, 15) is 4.79 Å². The molecule has 0 radical (unpaired) electrons. The smallest absolute Gasteiger partial charge is 0.319 e. The van der Waals surface area contributed by atoms with Crippen molar-refractivity contribution < 1.29 is 4.79 Å². The third-order valence-electron chi connectivity index (χ3n) is 4.54. The number of amides is 2. The van der Waals surface area contributed by atoms with Gasteiger partial charge >= 0.3 is 6.03 Å². The number of carbonyl (C=O) groups is 1. The van der Waals surface area contributed by atoms with Crippen molar-refractivity contribution in [3.05, 3.63) is 29.3 Å². The van der Waals surface area contributed by atoms with E-state index in [0.29, 0.717) is 11.1 Å². The number of halogens is 1. The fourth-order valence-electron chi connectivity index (χ4n) is 3.19. The highest BCUT2D eigenvalue weighted by atomic mass is 35.5. The monoisotopic (exact) mass is 336 g/mol. The van der Waals surface area contributed by atoms with Crippen molar-refractivity contribution in [2.45, 2.75) is 76.7 Å². The summed E-state index contributed by atoms with van der Waals surface area (Å²) in [6.07, 6.45) is 14.0. The summed E-state index contributed by atoms with van der Waals surface area (Å²) < 4.78 is 0. The highest BCUT2D eigenvalue weighted by Crippen LogP contribution is 2.17. The molecule has 0 unspecified atom stereocenters. The molecule has 2 N–H and O–H groups in total. The van der Waals surface area contributed by atoms with Gasteiger partial charge in [0.05, 0.1) is 0 Å². The van der Waals surface area contributed by atoms with Crippen molar-refractivity contribution in [3.63, 3.8) is 0 Å². The van der Waals surface area contributed by atoms with E-state index in [4.69, 9.17) is 11.6 Å². The first-order chi connectivity index (χ1) is 11.2. The van der Waals surface area contributed by atoms with Crippen LogP contribution < -0.4 is 10.6 Å². The van der Waals surface area contributed by atoms with Gasteiger partial charge in [0.25, 0.3) is 0 Å². The van der Waals surface area contributed by atoms with Crippen LogP contribution in [0.25, 0.3) is 0 Å². The van der Waals surface area contributed by atoms with Crippen LogP contribution in [0.3, 0.4) is 0 Å². The lowest BCUT2D eigenvalue weighted by atomic mass is 9.98. The highest BCUT2D eigenvalue weighted by Gasteiger charge is 2.12. The molecule has 1 aromatic carbocycles. The standard InChI is InChI=1S/C19H29ClN2O/c20-16-12-14-18(15-13-16)22-19(23)21-17-10-8-6-4-2-1-3-5-7-9-11-17/h12-15,17H,1-11H2,(H2,21,22,23). The fourth-order valence-corrected chi connectivity index (χ4v) is 3.32. The van der Waals surface area contributed by atoms with Crippen LogP contribution in [0, 0.1) is 0 Å². The van der Waals surface area contributed by atoms with E-state index in [2.05, 4.69) is 10.6 Å². The largest absolute Gasteiger partial charge is 0.335 e. The first kappa shape index (κ1) is 18.1. The summed E-state index contributed by atoms with van der Waals surface area (Å²) in [4.78, 5) is 12.2. The fraction of sp³-hybridized carbons (Fsp3) is 0.632. The third kappa shape index (κ3) is 7.74. The van der Waals surface area contributed by atoms with Crippen molar-refractivity contribution in [1.29, 1.82) is 0 Å². The lowest BCUT2D eigenvalue weighted by Gasteiger charge is -2.20. The Morgan fingerprint density at radius 2 is 1.30 bits per heavy atom. The van der Waals surface area contributed by atoms with Crippen LogP contribution in [0.15, 0.2) is 24.3 Å². The van der Waals surface area contributed by atoms with E-state index < -0.39 is 0 Å². The average Bonchev–Trinajstić information content (AvgIpc) is 2.52. The van der Waals surface area contributed by atoms with E-state index in [-0.39, 0.29) is 6.03 Å². The van der Waals surface area contributed by atoms with E-state index in [1.165, 1.54) is 57.8 Å². The predicted molar refractivity (Wildman–Crippen MR) is 98.2 cm³/mol. The highest BCUT2D eigenvalue weighted by molar-refractivity contribution is 6.30. The van der Waals surface area contributed by atoms with Crippen molar-refractivity contribution in [2.75, 3.05) is 5.32 Å². The normalized spacial score (nSPS) is 18.5. The van der Waals surface area contributed by atoms with Gasteiger partial charge in [-0.1, -0.05) is 69.4 Å². The lowest BCUT2D eigenvalue weighted by molar-refractivity contribution is 0.246. The molecule has 1 aromatic rings. The summed E-state index contributed by atoms with van der Waals surface area (Å²) in [5.41, 5.74) is 0.778. The van der Waals surface area contributed by atoms with Gasteiger partial charge in [-0.15, -0.1) is 0 Å². The Morgan fingerprint density at radius 3 is 1.83 bits per heavy atom. The molecule has 1 saturated carbocycles. The zero-order valence-electron chi connectivity index (χ0n) is 14.0. The van der Waals surface area contributed by atoms with Gasteiger partial charge in [-0.05, 0) is 37.1 Å². The summed E-state index contributed by atoms with van der Waals surface area (Å²) in [6, 6.07) is 7.40.